The smallest absolute Gasteiger partial charge is 0.269 e. The Kier molecular flexibility index (Phi) is 3.45. The van der Waals surface area contributed by atoms with Crippen molar-refractivity contribution >= 4 is 25.8 Å². The molecule has 17 heavy (non-hydrogen) atoms. The average molecular weight is 320 g/mol. The summed E-state index contributed by atoms with van der Waals surface area (Å²) < 4.78 is 25.7. The van der Waals surface area contributed by atoms with Gasteiger partial charge in [-0.05, 0) is 40.8 Å². The number of hydrogen-bond acceptors (Lipinski definition) is 3. The van der Waals surface area contributed by atoms with Gasteiger partial charge in [0.1, 0.15) is 4.90 Å². The van der Waals surface area contributed by atoms with E-state index in [0.29, 0.717) is 16.9 Å². The van der Waals surface area contributed by atoms with Gasteiger partial charge in [0.15, 0.2) is 9.84 Å². The van der Waals surface area contributed by atoms with Gasteiger partial charge in [0.05, 0.1) is 5.75 Å². The standard InChI is InChI=1S/C11H14BrNO3S/c1-2-17(15,16)10-5-9(12)7-13(11(10)14)6-8-3-4-8/h5,7-8H,2-4,6H2,1H3. The molecule has 0 unspecified atom stereocenters. The topological polar surface area (TPSA) is 56.1 Å². The van der Waals surface area contributed by atoms with Crippen LogP contribution in [-0.4, -0.2) is 18.7 Å². The van der Waals surface area contributed by atoms with E-state index < -0.39 is 15.4 Å². The molecule has 6 heteroatoms. The number of sulfone groups is 1. The zero-order valence-electron chi connectivity index (χ0n) is 9.52. The first-order valence-corrected chi connectivity index (χ1v) is 8.01. The molecule has 1 aromatic heterocycles. The van der Waals surface area contributed by atoms with Gasteiger partial charge in [0.2, 0.25) is 0 Å². The largest absolute Gasteiger partial charge is 0.313 e. The minimum Gasteiger partial charge on any atom is -0.313 e. The van der Waals surface area contributed by atoms with Gasteiger partial charge >= 0.3 is 0 Å². The normalized spacial score (nSPS) is 16.1. The van der Waals surface area contributed by atoms with Crippen molar-refractivity contribution in [2.75, 3.05) is 5.75 Å². The number of hydrogen-bond donors (Lipinski definition) is 0. The van der Waals surface area contributed by atoms with Gasteiger partial charge in [-0.15, -0.1) is 0 Å². The number of aromatic nitrogens is 1. The fourth-order valence-electron chi connectivity index (χ4n) is 1.67. The lowest BCUT2D eigenvalue weighted by Gasteiger charge is -2.08. The number of nitrogens with zero attached hydrogens (tertiary/aromatic N) is 1. The molecule has 0 saturated heterocycles. The monoisotopic (exact) mass is 319 g/mol. The molecule has 1 aromatic rings. The number of rotatable bonds is 4. The number of pyridine rings is 1. The van der Waals surface area contributed by atoms with Gasteiger partial charge in [-0.2, -0.15) is 0 Å². The molecule has 0 N–H and O–H groups in total. The van der Waals surface area contributed by atoms with Crippen molar-refractivity contribution in [1.82, 2.24) is 4.57 Å². The lowest BCUT2D eigenvalue weighted by Crippen LogP contribution is -2.27. The second-order valence-electron chi connectivity index (χ2n) is 4.33. The van der Waals surface area contributed by atoms with Gasteiger partial charge in [0.25, 0.3) is 5.56 Å². The summed E-state index contributed by atoms with van der Waals surface area (Å²) in [5, 5.41) is 0. The first-order chi connectivity index (χ1) is 7.94. The van der Waals surface area contributed by atoms with Gasteiger partial charge in [-0.3, -0.25) is 4.79 Å². The van der Waals surface area contributed by atoms with Crippen LogP contribution in [0.5, 0.6) is 0 Å². The van der Waals surface area contributed by atoms with Crippen molar-refractivity contribution in [3.8, 4) is 0 Å². The van der Waals surface area contributed by atoms with Gasteiger partial charge < -0.3 is 4.57 Å². The Morgan fingerprint density at radius 2 is 2.12 bits per heavy atom. The van der Waals surface area contributed by atoms with Crippen LogP contribution >= 0.6 is 15.9 Å². The fraction of sp³-hybridized carbons (Fsp3) is 0.545. The molecule has 0 amide bonds. The summed E-state index contributed by atoms with van der Waals surface area (Å²) in [4.78, 5) is 12.0. The second-order valence-corrected chi connectivity index (χ2v) is 7.49. The maximum absolute atomic E-state index is 12.1. The first kappa shape index (κ1) is 12.8. The van der Waals surface area contributed by atoms with E-state index in [9.17, 15) is 13.2 Å². The Balaban J connectivity index is 2.52. The third-order valence-electron chi connectivity index (χ3n) is 2.89. The van der Waals surface area contributed by atoms with Crippen LogP contribution in [0.3, 0.4) is 0 Å². The van der Waals surface area contributed by atoms with Crippen molar-refractivity contribution in [2.24, 2.45) is 5.92 Å². The van der Waals surface area contributed by atoms with Crippen molar-refractivity contribution in [1.29, 1.82) is 0 Å². The van der Waals surface area contributed by atoms with E-state index in [1.165, 1.54) is 10.6 Å². The Labute approximate surface area is 109 Å². The zero-order chi connectivity index (χ0) is 12.6. The zero-order valence-corrected chi connectivity index (χ0v) is 11.9. The Morgan fingerprint density at radius 1 is 1.47 bits per heavy atom. The Hall–Kier alpha value is -0.620. The minimum atomic E-state index is -3.45. The van der Waals surface area contributed by atoms with Crippen LogP contribution in [-0.2, 0) is 16.4 Å². The molecule has 1 aliphatic carbocycles. The van der Waals surface area contributed by atoms with Crippen LogP contribution in [0.1, 0.15) is 19.8 Å². The summed E-state index contributed by atoms with van der Waals surface area (Å²) in [7, 11) is -3.45. The summed E-state index contributed by atoms with van der Waals surface area (Å²) in [6.45, 7) is 2.16. The molecule has 1 fully saturated rings. The summed E-state index contributed by atoms with van der Waals surface area (Å²) >= 11 is 3.25. The predicted molar refractivity (Wildman–Crippen MR) is 68.9 cm³/mol. The molecular formula is C11H14BrNO3S. The Morgan fingerprint density at radius 3 is 2.65 bits per heavy atom. The van der Waals surface area contributed by atoms with Crippen LogP contribution < -0.4 is 5.56 Å². The SMILES string of the molecule is CCS(=O)(=O)c1cc(Br)cn(CC2CC2)c1=O. The van der Waals surface area contributed by atoms with E-state index in [-0.39, 0.29) is 10.6 Å². The van der Waals surface area contributed by atoms with Crippen molar-refractivity contribution in [3.63, 3.8) is 0 Å². The summed E-state index contributed by atoms with van der Waals surface area (Å²) in [6.07, 6.45) is 3.90. The van der Waals surface area contributed by atoms with Gasteiger partial charge in [-0.1, -0.05) is 6.92 Å². The highest BCUT2D eigenvalue weighted by Gasteiger charge is 2.24. The molecule has 1 saturated carbocycles. The molecule has 0 bridgehead atoms. The van der Waals surface area contributed by atoms with E-state index in [4.69, 9.17) is 0 Å². The van der Waals surface area contributed by atoms with Crippen molar-refractivity contribution in [3.05, 3.63) is 27.1 Å². The van der Waals surface area contributed by atoms with Crippen LogP contribution in [0, 0.1) is 5.92 Å². The van der Waals surface area contributed by atoms with Crippen LogP contribution in [0.4, 0.5) is 0 Å². The summed E-state index contributed by atoms with van der Waals surface area (Å²) in [5.74, 6) is 0.474. The summed E-state index contributed by atoms with van der Waals surface area (Å²) in [5.41, 5.74) is -0.401. The molecule has 0 radical (unpaired) electrons. The van der Waals surface area contributed by atoms with Gasteiger partial charge in [-0.25, -0.2) is 8.42 Å². The van der Waals surface area contributed by atoms with Crippen LogP contribution in [0.25, 0.3) is 0 Å². The number of halogens is 1. The molecule has 0 aliphatic heterocycles. The van der Waals surface area contributed by atoms with Crippen molar-refractivity contribution < 1.29 is 8.42 Å². The van der Waals surface area contributed by atoms with E-state index in [0.717, 1.165) is 12.8 Å². The molecule has 94 valence electrons. The van der Waals surface area contributed by atoms with Crippen LogP contribution in [0.2, 0.25) is 0 Å². The molecule has 0 aromatic carbocycles. The highest BCUT2D eigenvalue weighted by atomic mass is 79.9. The molecular weight excluding hydrogens is 306 g/mol. The minimum absolute atomic E-state index is 0.0535. The van der Waals surface area contributed by atoms with E-state index in [2.05, 4.69) is 15.9 Å². The maximum atomic E-state index is 12.1. The fourth-order valence-corrected chi connectivity index (χ4v) is 3.29. The molecule has 4 nitrogen and oxygen atoms in total. The second kappa shape index (κ2) is 4.57. The first-order valence-electron chi connectivity index (χ1n) is 5.57. The maximum Gasteiger partial charge on any atom is 0.269 e. The van der Waals surface area contributed by atoms with Crippen LogP contribution in [0.15, 0.2) is 26.4 Å². The van der Waals surface area contributed by atoms with Gasteiger partial charge in [0, 0.05) is 17.2 Å². The predicted octanol–water partition coefficient (Wildman–Crippen LogP) is 1.81. The lowest BCUT2D eigenvalue weighted by molar-refractivity contribution is 0.577. The highest BCUT2D eigenvalue weighted by molar-refractivity contribution is 9.10. The van der Waals surface area contributed by atoms with E-state index in [1.807, 2.05) is 0 Å². The molecule has 0 atom stereocenters. The third-order valence-corrected chi connectivity index (χ3v) is 5.04. The Bertz CT molecular complexity index is 587. The molecule has 1 heterocycles. The molecule has 1 aliphatic rings. The van der Waals surface area contributed by atoms with Crippen molar-refractivity contribution in [2.45, 2.75) is 31.2 Å². The molecule has 2 rings (SSSR count). The quantitative estimate of drug-likeness (QED) is 0.850. The highest BCUT2D eigenvalue weighted by Crippen LogP contribution is 2.30. The third kappa shape index (κ3) is 2.80. The van der Waals surface area contributed by atoms with E-state index in [1.54, 1.807) is 13.1 Å². The average Bonchev–Trinajstić information content (AvgIpc) is 3.06. The molecule has 0 spiro atoms. The summed E-state index contributed by atoms with van der Waals surface area (Å²) in [6, 6.07) is 1.39. The lowest BCUT2D eigenvalue weighted by atomic mass is 10.4. The van der Waals surface area contributed by atoms with E-state index >= 15 is 0 Å².